The third-order valence-electron chi connectivity index (χ3n) is 2.67. The Balaban J connectivity index is 2.71. The van der Waals surface area contributed by atoms with Crippen LogP contribution in [-0.2, 0) is 9.53 Å². The second-order valence-corrected chi connectivity index (χ2v) is 5.40. The summed E-state index contributed by atoms with van der Waals surface area (Å²) in [7, 11) is 1.46. The van der Waals surface area contributed by atoms with E-state index in [4.69, 9.17) is 4.74 Å². The minimum Gasteiger partial charge on any atom is -0.469 e. The van der Waals surface area contributed by atoms with Crippen molar-refractivity contribution in [3.63, 3.8) is 0 Å². The van der Waals surface area contributed by atoms with E-state index >= 15 is 0 Å². The maximum absolute atomic E-state index is 11.3. The lowest BCUT2D eigenvalue weighted by molar-refractivity contribution is -0.148. The molecule has 2 atom stereocenters. The molecular formula is C9H15BrO2. The lowest BCUT2D eigenvalue weighted by Gasteiger charge is -2.23. The molecule has 0 radical (unpaired) electrons. The minimum atomic E-state index is -0.0676. The predicted octanol–water partition coefficient (Wildman–Crippen LogP) is 2.36. The smallest absolute Gasteiger partial charge is 0.309 e. The van der Waals surface area contributed by atoms with E-state index in [1.807, 2.05) is 0 Å². The van der Waals surface area contributed by atoms with E-state index in [1.165, 1.54) is 7.11 Å². The third kappa shape index (κ3) is 1.82. The fourth-order valence-electron chi connectivity index (χ4n) is 1.93. The molecule has 0 spiro atoms. The van der Waals surface area contributed by atoms with E-state index in [0.717, 1.165) is 12.8 Å². The van der Waals surface area contributed by atoms with Crippen LogP contribution >= 0.6 is 15.9 Å². The number of methoxy groups -OCH3 is 1. The van der Waals surface area contributed by atoms with Gasteiger partial charge in [0.2, 0.25) is 0 Å². The Morgan fingerprint density at radius 2 is 2.17 bits per heavy atom. The fraction of sp³-hybridized carbons (Fsp3) is 0.889. The maximum Gasteiger partial charge on any atom is 0.309 e. The quantitative estimate of drug-likeness (QED) is 0.515. The summed E-state index contributed by atoms with van der Waals surface area (Å²) in [4.78, 5) is 11.8. The minimum absolute atomic E-state index is 0.0619. The van der Waals surface area contributed by atoms with Crippen molar-refractivity contribution in [3.8, 4) is 0 Å². The number of halogens is 1. The van der Waals surface area contributed by atoms with E-state index in [-0.39, 0.29) is 17.3 Å². The topological polar surface area (TPSA) is 26.3 Å². The molecule has 0 unspecified atom stereocenters. The predicted molar refractivity (Wildman–Crippen MR) is 51.2 cm³/mol. The molecule has 0 saturated heterocycles. The average molecular weight is 235 g/mol. The number of ether oxygens (including phenoxy) is 1. The van der Waals surface area contributed by atoms with Crippen LogP contribution in [0, 0.1) is 11.3 Å². The molecule has 0 bridgehead atoms. The number of rotatable bonds is 1. The van der Waals surface area contributed by atoms with Crippen LogP contribution in [0.15, 0.2) is 0 Å². The highest BCUT2D eigenvalue weighted by molar-refractivity contribution is 9.09. The fourth-order valence-corrected chi connectivity index (χ4v) is 3.14. The Morgan fingerprint density at radius 3 is 2.50 bits per heavy atom. The second kappa shape index (κ2) is 3.36. The average Bonchev–Trinajstić information content (AvgIpc) is 2.23. The molecule has 0 aromatic heterocycles. The van der Waals surface area contributed by atoms with Gasteiger partial charge in [-0.3, -0.25) is 4.79 Å². The molecule has 1 aliphatic carbocycles. The summed E-state index contributed by atoms with van der Waals surface area (Å²) in [6.45, 7) is 4.24. The molecule has 0 aromatic rings. The molecule has 0 aromatic carbocycles. The van der Waals surface area contributed by atoms with Crippen LogP contribution in [0.4, 0.5) is 0 Å². The number of alkyl halides is 1. The van der Waals surface area contributed by atoms with Crippen molar-refractivity contribution in [2.24, 2.45) is 11.3 Å². The standard InChI is InChI=1S/C9H15BrO2/c1-9(2)5-6(10)4-7(9)8(11)12-3/h6-7H,4-5H2,1-3H3/t6-,7-/m1/s1. The lowest BCUT2D eigenvalue weighted by atomic mass is 9.82. The zero-order chi connectivity index (χ0) is 9.35. The van der Waals surface area contributed by atoms with Crippen molar-refractivity contribution in [1.82, 2.24) is 0 Å². The molecule has 1 fully saturated rings. The Bertz CT molecular complexity index is 189. The Kier molecular flexibility index (Phi) is 2.81. The van der Waals surface area contributed by atoms with Crippen LogP contribution in [0.5, 0.6) is 0 Å². The van der Waals surface area contributed by atoms with Gasteiger partial charge in [-0.15, -0.1) is 0 Å². The zero-order valence-electron chi connectivity index (χ0n) is 7.76. The third-order valence-corrected chi connectivity index (χ3v) is 3.37. The first-order valence-electron chi connectivity index (χ1n) is 4.19. The normalized spacial score (nSPS) is 33.3. The van der Waals surface area contributed by atoms with Gasteiger partial charge >= 0.3 is 5.97 Å². The molecule has 1 saturated carbocycles. The van der Waals surface area contributed by atoms with Crippen LogP contribution in [0.2, 0.25) is 0 Å². The van der Waals surface area contributed by atoms with Gasteiger partial charge in [0.15, 0.2) is 0 Å². The molecule has 0 N–H and O–H groups in total. The second-order valence-electron chi connectivity index (χ2n) is 4.10. The highest BCUT2D eigenvalue weighted by atomic mass is 79.9. The maximum atomic E-state index is 11.3. The van der Waals surface area contributed by atoms with Gasteiger partial charge in [-0.1, -0.05) is 29.8 Å². The number of hydrogen-bond acceptors (Lipinski definition) is 2. The van der Waals surface area contributed by atoms with Gasteiger partial charge in [0.05, 0.1) is 13.0 Å². The summed E-state index contributed by atoms with van der Waals surface area (Å²) in [6, 6.07) is 0. The van der Waals surface area contributed by atoms with Gasteiger partial charge in [0, 0.05) is 4.83 Å². The van der Waals surface area contributed by atoms with Crippen molar-refractivity contribution >= 4 is 21.9 Å². The van der Waals surface area contributed by atoms with Gasteiger partial charge < -0.3 is 4.74 Å². The highest BCUT2D eigenvalue weighted by Gasteiger charge is 2.44. The van der Waals surface area contributed by atoms with Crippen LogP contribution in [0.3, 0.4) is 0 Å². The van der Waals surface area contributed by atoms with Crippen LogP contribution in [0.25, 0.3) is 0 Å². The van der Waals surface area contributed by atoms with Gasteiger partial charge in [0.25, 0.3) is 0 Å². The molecule has 1 aliphatic rings. The molecular weight excluding hydrogens is 220 g/mol. The first-order valence-corrected chi connectivity index (χ1v) is 5.11. The van der Waals surface area contributed by atoms with Crippen molar-refractivity contribution < 1.29 is 9.53 Å². The monoisotopic (exact) mass is 234 g/mol. The summed E-state index contributed by atoms with van der Waals surface area (Å²) in [5, 5.41) is 0. The van der Waals surface area contributed by atoms with Crippen molar-refractivity contribution in [3.05, 3.63) is 0 Å². The van der Waals surface area contributed by atoms with Crippen molar-refractivity contribution in [2.45, 2.75) is 31.5 Å². The van der Waals surface area contributed by atoms with E-state index in [9.17, 15) is 4.79 Å². The molecule has 12 heavy (non-hydrogen) atoms. The summed E-state index contributed by atoms with van der Waals surface area (Å²) in [5.41, 5.74) is 0.0846. The first-order chi connectivity index (χ1) is 5.47. The van der Waals surface area contributed by atoms with Crippen LogP contribution in [0.1, 0.15) is 26.7 Å². The summed E-state index contributed by atoms with van der Waals surface area (Å²) in [6.07, 6.45) is 1.95. The first kappa shape index (κ1) is 10.0. The Morgan fingerprint density at radius 1 is 1.58 bits per heavy atom. The molecule has 0 aliphatic heterocycles. The summed E-state index contributed by atoms with van der Waals surface area (Å²) in [5.74, 6) is -0.00572. The molecule has 3 heteroatoms. The van der Waals surface area contributed by atoms with E-state index in [1.54, 1.807) is 0 Å². The summed E-state index contributed by atoms with van der Waals surface area (Å²) < 4.78 is 4.76. The Labute approximate surface area is 81.8 Å². The largest absolute Gasteiger partial charge is 0.469 e. The number of esters is 1. The van der Waals surface area contributed by atoms with Crippen LogP contribution < -0.4 is 0 Å². The number of carbonyl (C=O) groups is 1. The number of hydrogen-bond donors (Lipinski definition) is 0. The van der Waals surface area contributed by atoms with Gasteiger partial charge in [-0.2, -0.15) is 0 Å². The molecule has 0 heterocycles. The molecule has 0 amide bonds. The van der Waals surface area contributed by atoms with E-state index < -0.39 is 0 Å². The Hall–Kier alpha value is -0.0500. The lowest BCUT2D eigenvalue weighted by Crippen LogP contribution is -2.26. The molecule has 1 rings (SSSR count). The SMILES string of the molecule is COC(=O)[C@H]1C[C@@H](Br)CC1(C)C. The van der Waals surface area contributed by atoms with Crippen molar-refractivity contribution in [1.29, 1.82) is 0 Å². The van der Waals surface area contributed by atoms with Crippen molar-refractivity contribution in [2.75, 3.05) is 7.11 Å². The highest BCUT2D eigenvalue weighted by Crippen LogP contribution is 2.45. The van der Waals surface area contributed by atoms with Gasteiger partial charge in [-0.05, 0) is 18.3 Å². The van der Waals surface area contributed by atoms with E-state index in [2.05, 4.69) is 29.8 Å². The zero-order valence-corrected chi connectivity index (χ0v) is 9.35. The number of carbonyl (C=O) groups excluding carboxylic acids is 1. The summed E-state index contributed by atoms with van der Waals surface area (Å²) >= 11 is 3.54. The van der Waals surface area contributed by atoms with Gasteiger partial charge in [0.1, 0.15) is 0 Å². The van der Waals surface area contributed by atoms with Gasteiger partial charge in [-0.25, -0.2) is 0 Å². The van der Waals surface area contributed by atoms with E-state index in [0.29, 0.717) is 4.83 Å². The molecule has 70 valence electrons. The molecule has 2 nitrogen and oxygen atoms in total. The van der Waals surface area contributed by atoms with Crippen LogP contribution in [-0.4, -0.2) is 17.9 Å².